The molecule has 0 unspecified atom stereocenters. The van der Waals surface area contributed by atoms with Crippen LogP contribution in [0.4, 0.5) is 5.82 Å². The van der Waals surface area contributed by atoms with Gasteiger partial charge in [-0.15, -0.1) is 0 Å². The van der Waals surface area contributed by atoms with Crippen molar-refractivity contribution in [2.24, 2.45) is 0 Å². The zero-order valence-electron chi connectivity index (χ0n) is 15.5. The van der Waals surface area contributed by atoms with E-state index >= 15 is 0 Å². The normalized spacial score (nSPS) is 13.8. The van der Waals surface area contributed by atoms with Gasteiger partial charge in [-0.3, -0.25) is 4.79 Å². The first-order valence-electron chi connectivity index (χ1n) is 9.30. The Balaban J connectivity index is 1.39. The molecule has 0 N–H and O–H groups in total. The standard InChI is InChI=1S/C23H20N4O/c24-16-18-6-11-22(25-17-18)26-12-14-27(15-13-26)23(28)21-9-7-20(8-10-21)19-4-2-1-3-5-19/h1-11,17H,12-15H2. The van der Waals surface area contributed by atoms with E-state index < -0.39 is 0 Å². The van der Waals surface area contributed by atoms with Crippen molar-refractivity contribution >= 4 is 11.7 Å². The van der Waals surface area contributed by atoms with Crippen LogP contribution in [0, 0.1) is 11.3 Å². The fourth-order valence-corrected chi connectivity index (χ4v) is 3.40. The smallest absolute Gasteiger partial charge is 0.253 e. The molecule has 2 aromatic carbocycles. The van der Waals surface area contributed by atoms with Crippen molar-refractivity contribution < 1.29 is 4.79 Å². The number of aromatic nitrogens is 1. The average Bonchev–Trinajstić information content (AvgIpc) is 2.79. The van der Waals surface area contributed by atoms with Gasteiger partial charge in [-0.1, -0.05) is 42.5 Å². The van der Waals surface area contributed by atoms with Crippen molar-refractivity contribution in [1.29, 1.82) is 5.26 Å². The van der Waals surface area contributed by atoms with Crippen LogP contribution in [0.3, 0.4) is 0 Å². The average molecular weight is 368 g/mol. The summed E-state index contributed by atoms with van der Waals surface area (Å²) in [7, 11) is 0. The van der Waals surface area contributed by atoms with Crippen molar-refractivity contribution in [2.75, 3.05) is 31.1 Å². The van der Waals surface area contributed by atoms with Gasteiger partial charge in [0.05, 0.1) is 5.56 Å². The van der Waals surface area contributed by atoms with Crippen molar-refractivity contribution in [3.8, 4) is 17.2 Å². The third kappa shape index (κ3) is 3.72. The van der Waals surface area contributed by atoms with Gasteiger partial charge in [0.15, 0.2) is 0 Å². The number of nitriles is 1. The number of anilines is 1. The summed E-state index contributed by atoms with van der Waals surface area (Å²) < 4.78 is 0. The molecular formula is C23H20N4O. The Morgan fingerprint density at radius 1 is 0.857 bits per heavy atom. The maximum atomic E-state index is 12.8. The Hall–Kier alpha value is -3.65. The number of rotatable bonds is 3. The molecule has 0 spiro atoms. The van der Waals surface area contributed by atoms with Gasteiger partial charge < -0.3 is 9.80 Å². The summed E-state index contributed by atoms with van der Waals surface area (Å²) in [5, 5.41) is 8.88. The fourth-order valence-electron chi connectivity index (χ4n) is 3.40. The molecule has 3 aromatic rings. The molecule has 5 heteroatoms. The van der Waals surface area contributed by atoms with Gasteiger partial charge in [-0.05, 0) is 35.4 Å². The number of nitrogens with zero attached hydrogens (tertiary/aromatic N) is 4. The zero-order chi connectivity index (χ0) is 19.3. The number of hydrogen-bond acceptors (Lipinski definition) is 4. The van der Waals surface area contributed by atoms with Gasteiger partial charge >= 0.3 is 0 Å². The van der Waals surface area contributed by atoms with E-state index in [0.29, 0.717) is 24.2 Å². The first kappa shape index (κ1) is 17.7. The van der Waals surface area contributed by atoms with E-state index in [2.05, 4.69) is 28.1 Å². The van der Waals surface area contributed by atoms with Gasteiger partial charge in [0.2, 0.25) is 0 Å². The summed E-state index contributed by atoms with van der Waals surface area (Å²) in [5.74, 6) is 0.908. The quantitative estimate of drug-likeness (QED) is 0.709. The lowest BCUT2D eigenvalue weighted by Crippen LogP contribution is -2.49. The molecule has 4 rings (SSSR count). The molecule has 0 atom stereocenters. The van der Waals surface area contributed by atoms with Gasteiger partial charge in [0, 0.05) is 37.9 Å². The molecular weight excluding hydrogens is 348 g/mol. The summed E-state index contributed by atoms with van der Waals surface area (Å²) in [5.41, 5.74) is 3.51. The minimum atomic E-state index is 0.0621. The molecule has 5 nitrogen and oxygen atoms in total. The Morgan fingerprint density at radius 3 is 2.14 bits per heavy atom. The molecule has 1 saturated heterocycles. The van der Waals surface area contributed by atoms with Crippen molar-refractivity contribution in [3.05, 3.63) is 84.1 Å². The molecule has 1 fully saturated rings. The minimum absolute atomic E-state index is 0.0621. The number of piperazine rings is 1. The van der Waals surface area contributed by atoms with Crippen molar-refractivity contribution in [3.63, 3.8) is 0 Å². The number of benzene rings is 2. The second-order valence-corrected chi connectivity index (χ2v) is 6.74. The van der Waals surface area contributed by atoms with Gasteiger partial charge in [-0.25, -0.2) is 4.98 Å². The fraction of sp³-hybridized carbons (Fsp3) is 0.174. The maximum absolute atomic E-state index is 12.8. The number of amides is 1. The van der Waals surface area contributed by atoms with Gasteiger partial charge in [0.1, 0.15) is 11.9 Å². The van der Waals surface area contributed by atoms with Gasteiger partial charge in [-0.2, -0.15) is 5.26 Å². The van der Waals surface area contributed by atoms with Crippen LogP contribution >= 0.6 is 0 Å². The molecule has 0 saturated carbocycles. The topological polar surface area (TPSA) is 60.2 Å². The molecule has 1 amide bonds. The highest BCUT2D eigenvalue weighted by Gasteiger charge is 2.22. The summed E-state index contributed by atoms with van der Waals surface area (Å²) in [6.07, 6.45) is 1.58. The first-order valence-corrected chi connectivity index (χ1v) is 9.30. The number of hydrogen-bond donors (Lipinski definition) is 0. The van der Waals surface area contributed by atoms with E-state index in [1.807, 2.05) is 53.4 Å². The van der Waals surface area contributed by atoms with Gasteiger partial charge in [0.25, 0.3) is 5.91 Å². The summed E-state index contributed by atoms with van der Waals surface area (Å²) in [6.45, 7) is 2.77. The number of carbonyl (C=O) groups is 1. The Kier molecular flexibility index (Phi) is 5.03. The zero-order valence-corrected chi connectivity index (χ0v) is 15.5. The van der Waals surface area contributed by atoms with Crippen LogP contribution in [-0.2, 0) is 0 Å². The number of carbonyl (C=O) groups excluding carboxylic acids is 1. The molecule has 0 bridgehead atoms. The molecule has 1 aromatic heterocycles. The number of pyridine rings is 1. The highest BCUT2D eigenvalue weighted by atomic mass is 16.2. The van der Waals surface area contributed by atoms with Crippen LogP contribution in [0.5, 0.6) is 0 Å². The molecule has 0 radical (unpaired) electrons. The monoisotopic (exact) mass is 368 g/mol. The Morgan fingerprint density at radius 2 is 1.54 bits per heavy atom. The molecule has 28 heavy (non-hydrogen) atoms. The minimum Gasteiger partial charge on any atom is -0.353 e. The van der Waals surface area contributed by atoms with E-state index in [1.54, 1.807) is 12.3 Å². The Bertz CT molecular complexity index is 984. The van der Waals surface area contributed by atoms with Crippen molar-refractivity contribution in [2.45, 2.75) is 0 Å². The third-order valence-corrected chi connectivity index (χ3v) is 5.01. The van der Waals surface area contributed by atoms with Crippen LogP contribution in [0.15, 0.2) is 72.9 Å². The molecule has 138 valence electrons. The predicted molar refractivity (Wildman–Crippen MR) is 109 cm³/mol. The highest BCUT2D eigenvalue weighted by molar-refractivity contribution is 5.94. The summed E-state index contributed by atoms with van der Waals surface area (Å²) in [6, 6.07) is 23.7. The van der Waals surface area contributed by atoms with E-state index in [4.69, 9.17) is 5.26 Å². The van der Waals surface area contributed by atoms with Crippen LogP contribution < -0.4 is 4.90 Å². The van der Waals surface area contributed by atoms with E-state index in [1.165, 1.54) is 0 Å². The molecule has 1 aliphatic rings. The predicted octanol–water partition coefficient (Wildman–Crippen LogP) is 3.58. The van der Waals surface area contributed by atoms with Crippen LogP contribution in [0.25, 0.3) is 11.1 Å². The van der Waals surface area contributed by atoms with E-state index in [0.717, 1.165) is 30.0 Å². The maximum Gasteiger partial charge on any atom is 0.253 e. The second kappa shape index (κ2) is 7.93. The lowest BCUT2D eigenvalue weighted by atomic mass is 10.0. The Labute approximate surface area is 164 Å². The third-order valence-electron chi connectivity index (χ3n) is 5.01. The highest BCUT2D eigenvalue weighted by Crippen LogP contribution is 2.20. The molecule has 2 heterocycles. The second-order valence-electron chi connectivity index (χ2n) is 6.74. The summed E-state index contributed by atoms with van der Waals surface area (Å²) in [4.78, 5) is 21.2. The lowest BCUT2D eigenvalue weighted by Gasteiger charge is -2.35. The van der Waals surface area contributed by atoms with Crippen LogP contribution in [0.1, 0.15) is 15.9 Å². The lowest BCUT2D eigenvalue weighted by molar-refractivity contribution is 0.0746. The van der Waals surface area contributed by atoms with Crippen LogP contribution in [-0.4, -0.2) is 42.0 Å². The van der Waals surface area contributed by atoms with E-state index in [9.17, 15) is 4.79 Å². The van der Waals surface area contributed by atoms with E-state index in [-0.39, 0.29) is 5.91 Å². The van der Waals surface area contributed by atoms with Crippen LogP contribution in [0.2, 0.25) is 0 Å². The largest absolute Gasteiger partial charge is 0.353 e. The SMILES string of the molecule is N#Cc1ccc(N2CCN(C(=O)c3ccc(-c4ccccc4)cc3)CC2)nc1. The first-order chi connectivity index (χ1) is 13.7. The van der Waals surface area contributed by atoms with Crippen molar-refractivity contribution in [1.82, 2.24) is 9.88 Å². The molecule has 0 aliphatic carbocycles. The summed E-state index contributed by atoms with van der Waals surface area (Å²) >= 11 is 0. The molecule has 1 aliphatic heterocycles.